The number of ether oxygens (including phenoxy) is 1. The number of alkyl halides is 3. The van der Waals surface area contributed by atoms with Gasteiger partial charge >= 0.3 is 6.18 Å². The van der Waals surface area contributed by atoms with Crippen LogP contribution >= 0.6 is 22.7 Å². The van der Waals surface area contributed by atoms with E-state index in [9.17, 15) is 26.1 Å². The maximum Gasteiger partial charge on any atom is 0.416 e. The van der Waals surface area contributed by atoms with Gasteiger partial charge in [0.25, 0.3) is 10.1 Å². The number of rotatable bonds is 2. The number of benzene rings is 5. The number of halogens is 3. The fourth-order valence-corrected chi connectivity index (χ4v) is 12.5. The van der Waals surface area contributed by atoms with Crippen LogP contribution in [0.3, 0.4) is 0 Å². The zero-order valence-electron chi connectivity index (χ0n) is 31.1. The van der Waals surface area contributed by atoms with E-state index in [1.165, 1.54) is 5.56 Å². The Kier molecular flexibility index (Phi) is 7.19. The summed E-state index contributed by atoms with van der Waals surface area (Å²) in [6.07, 6.45) is -4.85. The van der Waals surface area contributed by atoms with E-state index >= 15 is 0 Å². The molecule has 2 aromatic heterocycles. The second-order valence-corrected chi connectivity index (χ2v) is 19.4. The number of anilines is 1. The predicted molar refractivity (Wildman–Crippen MR) is 220 cm³/mol. The molecule has 0 saturated carbocycles. The van der Waals surface area contributed by atoms with E-state index in [0.29, 0.717) is 33.9 Å². The van der Waals surface area contributed by atoms with Crippen molar-refractivity contribution < 1.29 is 30.9 Å². The summed E-state index contributed by atoms with van der Waals surface area (Å²) in [5.74, 6) is 0.863. The first-order chi connectivity index (χ1) is 26.4. The molecule has 3 aliphatic rings. The lowest BCUT2D eigenvalue weighted by molar-refractivity contribution is -0.137. The Morgan fingerprint density at radius 1 is 0.714 bits per heavy atom. The summed E-state index contributed by atoms with van der Waals surface area (Å²) >= 11 is 3.34. The summed E-state index contributed by atoms with van der Waals surface area (Å²) in [7, 11) is -3.12. The molecule has 1 N–H and O–H groups in total. The van der Waals surface area contributed by atoms with Crippen LogP contribution in [-0.4, -0.2) is 20.0 Å². The van der Waals surface area contributed by atoms with Gasteiger partial charge in [0.2, 0.25) is 0 Å². The molecule has 0 bridgehead atoms. The van der Waals surface area contributed by atoms with Gasteiger partial charge in [0.1, 0.15) is 16.4 Å². The molecule has 5 nitrogen and oxygen atoms in total. The summed E-state index contributed by atoms with van der Waals surface area (Å²) in [5, 5.41) is 3.78. The highest BCUT2D eigenvalue weighted by Crippen LogP contribution is 2.56. The third kappa shape index (κ3) is 4.77. The molecule has 4 heterocycles. The van der Waals surface area contributed by atoms with E-state index < -0.39 is 32.3 Å². The summed E-state index contributed by atoms with van der Waals surface area (Å²) in [6.45, 7) is 10.9. The molecule has 7 aromatic rings. The lowest BCUT2D eigenvalue weighted by Gasteiger charge is -2.43. The van der Waals surface area contributed by atoms with Gasteiger partial charge in [-0.15, -0.1) is 22.7 Å². The highest BCUT2D eigenvalue weighted by Gasteiger charge is 2.41. The molecule has 0 radical (unpaired) electrons. The van der Waals surface area contributed by atoms with E-state index in [2.05, 4.69) is 63.8 Å². The van der Waals surface area contributed by atoms with Crippen molar-refractivity contribution in [2.24, 2.45) is 0 Å². The molecule has 56 heavy (non-hydrogen) atoms. The quantitative estimate of drug-likeness (QED) is 0.176. The molecule has 0 atom stereocenters. The van der Waals surface area contributed by atoms with Crippen molar-refractivity contribution in [3.63, 3.8) is 0 Å². The van der Waals surface area contributed by atoms with Crippen molar-refractivity contribution in [2.75, 3.05) is 11.9 Å². The highest BCUT2D eigenvalue weighted by molar-refractivity contribution is 7.86. The fraction of sp³-hybridized carbons (Fsp3) is 0.200. The molecule has 0 fully saturated rings. The van der Waals surface area contributed by atoms with Gasteiger partial charge in [-0.25, -0.2) is 0 Å². The van der Waals surface area contributed by atoms with E-state index in [0.717, 1.165) is 75.2 Å². The van der Waals surface area contributed by atoms with Crippen molar-refractivity contribution in [1.82, 2.24) is 0 Å². The second-order valence-electron chi connectivity index (χ2n) is 15.9. The van der Waals surface area contributed by atoms with Gasteiger partial charge in [-0.1, -0.05) is 61.9 Å². The van der Waals surface area contributed by atoms with Crippen molar-refractivity contribution in [3.05, 3.63) is 129 Å². The molecule has 0 amide bonds. The minimum Gasteiger partial charge on any atom is -0.456 e. The Hall–Kier alpha value is -4.94. The smallest absolute Gasteiger partial charge is 0.416 e. The van der Waals surface area contributed by atoms with Gasteiger partial charge in [-0.3, -0.25) is 4.55 Å². The van der Waals surface area contributed by atoms with Crippen LogP contribution in [0, 0.1) is 0 Å². The minimum atomic E-state index is -5.16. The average Bonchev–Trinajstić information content (AvgIpc) is 3.74. The third-order valence-corrected chi connectivity index (χ3v) is 15.6. The van der Waals surface area contributed by atoms with Crippen molar-refractivity contribution in [1.29, 1.82) is 0 Å². The third-order valence-electron chi connectivity index (χ3n) is 12.3. The number of thiophene rings is 2. The summed E-state index contributed by atoms with van der Waals surface area (Å²) in [6, 6.07) is 27.0. The van der Waals surface area contributed by atoms with Gasteiger partial charge in [0.15, 0.2) is 0 Å². The first-order valence-electron chi connectivity index (χ1n) is 18.1. The molecule has 0 saturated heterocycles. The van der Waals surface area contributed by atoms with Crippen molar-refractivity contribution in [3.8, 4) is 32.4 Å². The predicted octanol–water partition coefficient (Wildman–Crippen LogP) is 11.2. The molecule has 5 aromatic carbocycles. The molecule has 1 aliphatic carbocycles. The van der Waals surface area contributed by atoms with Crippen LogP contribution in [-0.2, 0) is 27.2 Å². The normalized spacial score (nSPS) is 16.5. The zero-order chi connectivity index (χ0) is 39.4. The van der Waals surface area contributed by atoms with Gasteiger partial charge in [0, 0.05) is 82.0 Å². The van der Waals surface area contributed by atoms with E-state index in [1.54, 1.807) is 22.7 Å². The van der Waals surface area contributed by atoms with Crippen LogP contribution < -0.4 is 20.1 Å². The number of nitrogens with zero attached hydrogens (tertiary/aromatic N) is 1. The molecular weight excluding hydrogens is 772 g/mol. The second kappa shape index (κ2) is 11.3. The zero-order valence-corrected chi connectivity index (χ0v) is 33.6. The van der Waals surface area contributed by atoms with Gasteiger partial charge in [0.05, 0.1) is 11.1 Å². The lowest BCUT2D eigenvalue weighted by atomic mass is 9.71. The average molecular weight is 806 g/mol. The summed E-state index contributed by atoms with van der Waals surface area (Å²) < 4.78 is 88.4. The Bertz CT molecular complexity index is 3170. The van der Waals surface area contributed by atoms with Crippen LogP contribution in [0.25, 0.3) is 52.2 Å². The topological polar surface area (TPSA) is 66.8 Å². The molecule has 10 rings (SSSR count). The van der Waals surface area contributed by atoms with Crippen LogP contribution in [0.4, 0.5) is 18.9 Å². The monoisotopic (exact) mass is 805 g/mol. The number of fused-ring (bicyclic) bond motifs is 12. The van der Waals surface area contributed by atoms with E-state index in [-0.39, 0.29) is 11.0 Å². The van der Waals surface area contributed by atoms with Crippen LogP contribution in [0.2, 0.25) is 0 Å². The Labute approximate surface area is 329 Å². The van der Waals surface area contributed by atoms with Crippen LogP contribution in [0.5, 0.6) is 11.5 Å². The molecule has 282 valence electrons. The fourth-order valence-electron chi connectivity index (χ4n) is 9.03. The van der Waals surface area contributed by atoms with Crippen LogP contribution in [0.15, 0.2) is 95.9 Å². The minimum absolute atomic E-state index is 0.0549. The van der Waals surface area contributed by atoms with Gasteiger partial charge < -0.3 is 9.64 Å². The molecule has 0 unspecified atom stereocenters. The van der Waals surface area contributed by atoms with E-state index in [1.807, 2.05) is 55.6 Å². The first kappa shape index (κ1) is 35.5. The number of hydrogen-bond donors (Lipinski definition) is 1. The largest absolute Gasteiger partial charge is 0.456 e. The van der Waals surface area contributed by atoms with Gasteiger partial charge in [-0.2, -0.15) is 21.6 Å². The van der Waals surface area contributed by atoms with Crippen molar-refractivity contribution in [2.45, 2.75) is 56.6 Å². The number of hydrogen-bond acceptors (Lipinski definition) is 6. The molecular formula is C45H34F3NO4S3. The summed E-state index contributed by atoms with van der Waals surface area (Å²) in [5.41, 5.74) is 5.05. The Morgan fingerprint density at radius 2 is 1.34 bits per heavy atom. The van der Waals surface area contributed by atoms with Gasteiger partial charge in [-0.05, 0) is 84.8 Å². The maximum absolute atomic E-state index is 14.1. The Balaban J connectivity index is 1.36. The SMILES string of the molecule is CC1=c2cc3c(cc2-c2sc4ccccc4c2C1(C)C)=C(c1ccc(C(F)(F)F)cc1S(=O)(=O)O)c1cc2c(cc1O3)N(C)C(C)(C)c1c-2sc2ccccc12. The summed E-state index contributed by atoms with van der Waals surface area (Å²) in [4.78, 5) is 3.49. The molecule has 0 spiro atoms. The van der Waals surface area contributed by atoms with E-state index in [4.69, 9.17) is 4.74 Å². The first-order valence-corrected chi connectivity index (χ1v) is 21.2. The highest BCUT2D eigenvalue weighted by atomic mass is 32.2. The maximum atomic E-state index is 14.1. The van der Waals surface area contributed by atoms with Crippen LogP contribution in [0.1, 0.15) is 62.4 Å². The molecule has 2 aliphatic heterocycles. The molecule has 11 heteroatoms. The Morgan fingerprint density at radius 3 is 1.98 bits per heavy atom. The standard InChI is InChI=1S/C45H34F3NO4S3/c1-22-27-20-33-30(18-28(27)41-39(43(22,2)3)24-11-7-9-13-35(24)54-41)38(26-16-15-23(45(46,47)48)17-37(26)56(50,51)52)31-19-29-32(21-34(31)53-33)49(6)44(4,5)40-25-12-8-10-14-36(25)55-42(29)40/h7-21H,1-6H3,(H,50,51,52). The van der Waals surface area contributed by atoms with Crippen molar-refractivity contribution >= 4 is 69.8 Å². The lowest BCUT2D eigenvalue weighted by Crippen LogP contribution is -2.41.